The zero-order valence-electron chi connectivity index (χ0n) is 17.4. The van der Waals surface area contributed by atoms with Crippen molar-refractivity contribution in [3.63, 3.8) is 0 Å². The van der Waals surface area contributed by atoms with Crippen LogP contribution >= 0.6 is 11.8 Å². The molecule has 7 nitrogen and oxygen atoms in total. The molecule has 0 aliphatic rings. The summed E-state index contributed by atoms with van der Waals surface area (Å²) in [6.45, 7) is 0. The number of rotatable bonds is 6. The molecule has 0 saturated carbocycles. The van der Waals surface area contributed by atoms with Gasteiger partial charge in [0.25, 0.3) is 5.56 Å². The number of H-pyrrole nitrogens is 1. The predicted molar refractivity (Wildman–Crippen MR) is 131 cm³/mol. The fraction of sp³-hybridized carbons (Fsp3) is 0.0400. The maximum Gasteiger partial charge on any atom is 0.262 e. The van der Waals surface area contributed by atoms with Crippen molar-refractivity contribution in [3.05, 3.63) is 101 Å². The lowest BCUT2D eigenvalue weighted by Gasteiger charge is -2.11. The van der Waals surface area contributed by atoms with Crippen LogP contribution in [0.3, 0.4) is 0 Å². The third kappa shape index (κ3) is 4.42. The lowest BCUT2D eigenvalue weighted by atomic mass is 10.0. The van der Waals surface area contributed by atoms with Crippen molar-refractivity contribution in [2.75, 3.05) is 11.1 Å². The predicted octanol–water partition coefficient (Wildman–Crippen LogP) is 4.51. The number of amides is 1. The Hall–Kier alpha value is -4.17. The summed E-state index contributed by atoms with van der Waals surface area (Å²) < 4.78 is 1.62. The number of fused-ring (bicyclic) bond motifs is 1. The molecule has 0 unspecified atom stereocenters. The van der Waals surface area contributed by atoms with Gasteiger partial charge in [0.05, 0.1) is 17.6 Å². The fourth-order valence-electron chi connectivity index (χ4n) is 3.51. The third-order valence-electron chi connectivity index (χ3n) is 5.04. The van der Waals surface area contributed by atoms with E-state index in [4.69, 9.17) is 0 Å². The lowest BCUT2D eigenvalue weighted by Crippen LogP contribution is -2.16. The minimum atomic E-state index is -0.292. The second-order valence-electron chi connectivity index (χ2n) is 7.25. The molecule has 8 heteroatoms. The van der Waals surface area contributed by atoms with Gasteiger partial charge in [-0.05, 0) is 23.8 Å². The summed E-state index contributed by atoms with van der Waals surface area (Å²) in [5.74, 6) is -0.0977. The number of carbonyl (C=O) groups excluding carboxylic acids is 1. The van der Waals surface area contributed by atoms with E-state index >= 15 is 0 Å². The topological polar surface area (TPSA) is 92.7 Å². The van der Waals surface area contributed by atoms with Crippen molar-refractivity contribution < 1.29 is 4.79 Å². The van der Waals surface area contributed by atoms with Crippen molar-refractivity contribution in [1.82, 2.24) is 19.7 Å². The standard InChI is InChI=1S/C25H19N5O2S/c31-22(27-21-14-8-7-13-19(21)17-9-3-1-4-10-17)16-33-25-28-23-20(24(32)29-25)15-26-30(23)18-11-5-2-6-12-18/h1-15H,16H2,(H,27,31)(H,28,29,32). The minimum absolute atomic E-state index is 0.0943. The molecule has 33 heavy (non-hydrogen) atoms. The molecule has 5 aromatic rings. The molecule has 0 spiro atoms. The SMILES string of the molecule is O=C(CSc1nc2c(cnn2-c2ccccc2)c(=O)[nH]1)Nc1ccccc1-c1ccccc1. The largest absolute Gasteiger partial charge is 0.325 e. The molecule has 0 radical (unpaired) electrons. The van der Waals surface area contributed by atoms with Crippen LogP contribution in [-0.2, 0) is 4.79 Å². The molecule has 0 fully saturated rings. The molecule has 162 valence electrons. The van der Waals surface area contributed by atoms with Gasteiger partial charge in [-0.2, -0.15) is 5.10 Å². The van der Waals surface area contributed by atoms with Gasteiger partial charge in [0.2, 0.25) is 5.91 Å². The molecule has 3 aromatic carbocycles. The molecule has 2 heterocycles. The van der Waals surface area contributed by atoms with Crippen molar-refractivity contribution >= 4 is 34.4 Å². The first-order valence-electron chi connectivity index (χ1n) is 10.3. The molecule has 0 atom stereocenters. The number of hydrogen-bond acceptors (Lipinski definition) is 5. The maximum atomic E-state index is 12.7. The van der Waals surface area contributed by atoms with Crippen LogP contribution in [0.4, 0.5) is 5.69 Å². The Kier molecular flexibility index (Phi) is 5.73. The van der Waals surface area contributed by atoms with E-state index < -0.39 is 0 Å². The number of hydrogen-bond donors (Lipinski definition) is 2. The highest BCUT2D eigenvalue weighted by molar-refractivity contribution is 7.99. The summed E-state index contributed by atoms with van der Waals surface area (Å²) in [5, 5.41) is 8.02. The van der Waals surface area contributed by atoms with Crippen molar-refractivity contribution in [2.24, 2.45) is 0 Å². The Bertz CT molecular complexity index is 1480. The smallest absolute Gasteiger partial charge is 0.262 e. The monoisotopic (exact) mass is 453 g/mol. The Labute approximate surface area is 193 Å². The number of anilines is 1. The second-order valence-corrected chi connectivity index (χ2v) is 8.21. The number of para-hydroxylation sites is 2. The van der Waals surface area contributed by atoms with E-state index in [1.807, 2.05) is 84.9 Å². The number of benzene rings is 3. The average molecular weight is 454 g/mol. The Morgan fingerprint density at radius 2 is 1.64 bits per heavy atom. The van der Waals surface area contributed by atoms with Gasteiger partial charge in [-0.15, -0.1) is 0 Å². The first-order valence-corrected chi connectivity index (χ1v) is 11.3. The van der Waals surface area contributed by atoms with Crippen LogP contribution in [0.15, 0.2) is 101 Å². The minimum Gasteiger partial charge on any atom is -0.325 e. The van der Waals surface area contributed by atoms with E-state index in [0.717, 1.165) is 22.5 Å². The highest BCUT2D eigenvalue weighted by atomic mass is 32.2. The number of nitrogens with zero attached hydrogens (tertiary/aromatic N) is 3. The van der Waals surface area contributed by atoms with Crippen molar-refractivity contribution in [3.8, 4) is 16.8 Å². The highest BCUT2D eigenvalue weighted by Crippen LogP contribution is 2.28. The molecule has 5 rings (SSSR count). The maximum absolute atomic E-state index is 12.7. The first-order chi connectivity index (χ1) is 16.2. The molecule has 0 aliphatic carbocycles. The number of thioether (sulfide) groups is 1. The van der Waals surface area contributed by atoms with Crippen molar-refractivity contribution in [2.45, 2.75) is 5.16 Å². The zero-order valence-corrected chi connectivity index (χ0v) is 18.3. The summed E-state index contributed by atoms with van der Waals surface area (Å²) in [6.07, 6.45) is 1.50. The zero-order chi connectivity index (χ0) is 22.6. The van der Waals surface area contributed by atoms with Gasteiger partial charge in [0.1, 0.15) is 5.39 Å². The summed E-state index contributed by atoms with van der Waals surface area (Å²) >= 11 is 1.17. The van der Waals surface area contributed by atoms with Crippen LogP contribution in [0.1, 0.15) is 0 Å². The molecule has 0 aliphatic heterocycles. The van der Waals surface area contributed by atoms with Crippen LogP contribution < -0.4 is 10.9 Å². The van der Waals surface area contributed by atoms with Crippen LogP contribution in [0.25, 0.3) is 27.8 Å². The van der Waals surface area contributed by atoms with E-state index in [0.29, 0.717) is 16.2 Å². The van der Waals surface area contributed by atoms with Gasteiger partial charge in [-0.1, -0.05) is 78.5 Å². The van der Waals surface area contributed by atoms with Crippen LogP contribution in [-0.4, -0.2) is 31.4 Å². The van der Waals surface area contributed by atoms with Crippen LogP contribution in [0, 0.1) is 0 Å². The number of nitrogens with one attached hydrogen (secondary N) is 2. The molecule has 2 N–H and O–H groups in total. The second kappa shape index (κ2) is 9.13. The Morgan fingerprint density at radius 1 is 0.939 bits per heavy atom. The van der Waals surface area contributed by atoms with E-state index in [1.54, 1.807) is 4.68 Å². The number of aromatic amines is 1. The molecular weight excluding hydrogens is 434 g/mol. The van der Waals surface area contributed by atoms with Gasteiger partial charge >= 0.3 is 0 Å². The van der Waals surface area contributed by atoms with Crippen molar-refractivity contribution in [1.29, 1.82) is 0 Å². The average Bonchev–Trinajstić information content (AvgIpc) is 3.29. The molecule has 2 aromatic heterocycles. The highest BCUT2D eigenvalue weighted by Gasteiger charge is 2.14. The molecule has 0 saturated heterocycles. The number of carbonyl (C=O) groups is 1. The summed E-state index contributed by atoms with van der Waals surface area (Å²) in [5.41, 5.74) is 3.65. The van der Waals surface area contributed by atoms with Crippen LogP contribution in [0.5, 0.6) is 0 Å². The summed E-state index contributed by atoms with van der Waals surface area (Å²) in [6, 6.07) is 27.0. The first kappa shape index (κ1) is 20.7. The Balaban J connectivity index is 1.35. The normalized spacial score (nSPS) is 10.9. The van der Waals surface area contributed by atoms with E-state index in [9.17, 15) is 9.59 Å². The van der Waals surface area contributed by atoms with E-state index in [-0.39, 0.29) is 17.2 Å². The lowest BCUT2D eigenvalue weighted by molar-refractivity contribution is -0.113. The van der Waals surface area contributed by atoms with Gasteiger partial charge in [-0.3, -0.25) is 9.59 Å². The molecular formula is C25H19N5O2S. The van der Waals surface area contributed by atoms with Gasteiger partial charge in [0.15, 0.2) is 10.8 Å². The molecule has 1 amide bonds. The van der Waals surface area contributed by atoms with E-state index in [1.165, 1.54) is 18.0 Å². The van der Waals surface area contributed by atoms with Gasteiger partial charge in [0, 0.05) is 11.3 Å². The summed E-state index contributed by atoms with van der Waals surface area (Å²) in [4.78, 5) is 32.5. The third-order valence-corrected chi connectivity index (χ3v) is 5.92. The van der Waals surface area contributed by atoms with E-state index in [2.05, 4.69) is 20.4 Å². The number of aromatic nitrogens is 4. The quantitative estimate of drug-likeness (QED) is 0.292. The fourth-order valence-corrected chi connectivity index (χ4v) is 4.16. The summed E-state index contributed by atoms with van der Waals surface area (Å²) in [7, 11) is 0. The van der Waals surface area contributed by atoms with Gasteiger partial charge < -0.3 is 10.3 Å². The Morgan fingerprint density at radius 3 is 2.42 bits per heavy atom. The van der Waals surface area contributed by atoms with Gasteiger partial charge in [-0.25, -0.2) is 9.67 Å². The molecule has 0 bridgehead atoms. The van der Waals surface area contributed by atoms with Crippen LogP contribution in [0.2, 0.25) is 0 Å².